The number of anilines is 1. The quantitative estimate of drug-likeness (QED) is 0.773. The first kappa shape index (κ1) is 13.4. The fourth-order valence-electron chi connectivity index (χ4n) is 2.70. The fourth-order valence-corrected chi connectivity index (χ4v) is 2.70. The van der Waals surface area contributed by atoms with Gasteiger partial charge in [-0.05, 0) is 75.5 Å². The average Bonchev–Trinajstić information content (AvgIpc) is 2.89. The van der Waals surface area contributed by atoms with Crippen molar-refractivity contribution in [3.05, 3.63) is 29.3 Å². The normalized spacial score (nSPS) is 16.1. The summed E-state index contributed by atoms with van der Waals surface area (Å²) in [4.78, 5) is 2.58. The lowest BCUT2D eigenvalue weighted by Gasteiger charge is -2.15. The maximum atomic E-state index is 3.54. The lowest BCUT2D eigenvalue weighted by molar-refractivity contribution is 0.337. The molecule has 2 heteroatoms. The highest BCUT2D eigenvalue weighted by Gasteiger charge is 2.09. The van der Waals surface area contributed by atoms with Crippen molar-refractivity contribution in [1.29, 1.82) is 0 Å². The number of nitrogens with one attached hydrogen (secondary N) is 1. The zero-order valence-electron chi connectivity index (χ0n) is 11.8. The largest absolute Gasteiger partial charge is 0.385 e. The van der Waals surface area contributed by atoms with Crippen LogP contribution in [0, 0.1) is 6.92 Å². The van der Waals surface area contributed by atoms with Gasteiger partial charge in [-0.1, -0.05) is 13.0 Å². The number of hydrogen-bond acceptors (Lipinski definition) is 2. The maximum Gasteiger partial charge on any atom is 0.0343 e. The molecule has 1 aliphatic rings. The van der Waals surface area contributed by atoms with Crippen LogP contribution in [0.5, 0.6) is 0 Å². The van der Waals surface area contributed by atoms with Gasteiger partial charge in [-0.2, -0.15) is 0 Å². The van der Waals surface area contributed by atoms with Crippen molar-refractivity contribution in [1.82, 2.24) is 4.90 Å². The van der Waals surface area contributed by atoms with Crippen LogP contribution in [0.1, 0.15) is 37.3 Å². The van der Waals surface area contributed by atoms with Gasteiger partial charge < -0.3 is 10.2 Å². The van der Waals surface area contributed by atoms with E-state index in [0.717, 1.165) is 13.0 Å². The molecule has 1 fully saturated rings. The molecule has 1 aromatic rings. The molecule has 1 aromatic carbocycles. The Morgan fingerprint density at radius 2 is 2.00 bits per heavy atom. The van der Waals surface area contributed by atoms with Crippen LogP contribution >= 0.6 is 0 Å². The van der Waals surface area contributed by atoms with Gasteiger partial charge in [0.1, 0.15) is 0 Å². The zero-order valence-corrected chi connectivity index (χ0v) is 11.8. The molecule has 0 spiro atoms. The van der Waals surface area contributed by atoms with Crippen molar-refractivity contribution in [3.8, 4) is 0 Å². The summed E-state index contributed by atoms with van der Waals surface area (Å²) in [5.74, 6) is 0. The van der Waals surface area contributed by atoms with E-state index in [2.05, 4.69) is 42.3 Å². The molecule has 0 radical (unpaired) electrons. The smallest absolute Gasteiger partial charge is 0.0343 e. The zero-order chi connectivity index (χ0) is 12.8. The highest BCUT2D eigenvalue weighted by atomic mass is 15.1. The van der Waals surface area contributed by atoms with E-state index in [1.807, 2.05) is 0 Å². The molecule has 2 nitrogen and oxygen atoms in total. The van der Waals surface area contributed by atoms with Gasteiger partial charge in [0.2, 0.25) is 0 Å². The molecular formula is C16H26N2. The minimum Gasteiger partial charge on any atom is -0.385 e. The Morgan fingerprint density at radius 3 is 2.72 bits per heavy atom. The Morgan fingerprint density at radius 1 is 1.22 bits per heavy atom. The highest BCUT2D eigenvalue weighted by molar-refractivity contribution is 5.48. The van der Waals surface area contributed by atoms with Crippen molar-refractivity contribution in [2.75, 3.05) is 31.5 Å². The summed E-state index contributed by atoms with van der Waals surface area (Å²) in [6.45, 7) is 9.37. The lowest BCUT2D eigenvalue weighted by Crippen LogP contribution is -2.22. The molecule has 0 unspecified atom stereocenters. The van der Waals surface area contributed by atoms with Crippen LogP contribution in [0.4, 0.5) is 5.69 Å². The van der Waals surface area contributed by atoms with Crippen LogP contribution in [0.2, 0.25) is 0 Å². The van der Waals surface area contributed by atoms with Crippen molar-refractivity contribution in [3.63, 3.8) is 0 Å². The minimum absolute atomic E-state index is 1.09. The van der Waals surface area contributed by atoms with Crippen molar-refractivity contribution in [2.45, 2.75) is 39.5 Å². The van der Waals surface area contributed by atoms with Crippen LogP contribution in [-0.2, 0) is 6.42 Å². The van der Waals surface area contributed by atoms with Crippen molar-refractivity contribution in [2.24, 2.45) is 0 Å². The number of rotatable bonds is 6. The van der Waals surface area contributed by atoms with Crippen molar-refractivity contribution < 1.29 is 0 Å². The van der Waals surface area contributed by atoms with Gasteiger partial charge in [0.05, 0.1) is 0 Å². The molecule has 0 aromatic heterocycles. The Bertz CT molecular complexity index is 367. The van der Waals surface area contributed by atoms with E-state index in [4.69, 9.17) is 0 Å². The third kappa shape index (κ3) is 3.74. The first-order chi connectivity index (χ1) is 8.79. The second-order valence-electron chi connectivity index (χ2n) is 5.32. The summed E-state index contributed by atoms with van der Waals surface area (Å²) < 4.78 is 0. The standard InChI is InChI=1S/C16H26N2/c1-3-15-13-16(8-7-14(15)2)17-9-6-12-18-10-4-5-11-18/h7-8,13,17H,3-6,9-12H2,1-2H3. The summed E-state index contributed by atoms with van der Waals surface area (Å²) in [6, 6.07) is 6.72. The van der Waals surface area contributed by atoms with E-state index in [0.29, 0.717) is 0 Å². The molecule has 0 aliphatic carbocycles. The van der Waals surface area contributed by atoms with Crippen LogP contribution in [-0.4, -0.2) is 31.1 Å². The summed E-state index contributed by atoms with van der Waals surface area (Å²) >= 11 is 0. The molecule has 18 heavy (non-hydrogen) atoms. The molecular weight excluding hydrogens is 220 g/mol. The van der Waals surface area contributed by atoms with Crippen LogP contribution in [0.15, 0.2) is 18.2 Å². The molecule has 0 atom stereocenters. The van der Waals surface area contributed by atoms with Crippen LogP contribution < -0.4 is 5.32 Å². The Balaban J connectivity index is 1.72. The van der Waals surface area contributed by atoms with E-state index in [1.54, 1.807) is 0 Å². The Labute approximate surface area is 111 Å². The third-order valence-electron chi connectivity index (χ3n) is 3.91. The first-order valence-electron chi connectivity index (χ1n) is 7.35. The predicted octanol–water partition coefficient (Wildman–Crippen LogP) is 3.46. The SMILES string of the molecule is CCc1cc(NCCCN2CCCC2)ccc1C. The van der Waals surface area contributed by atoms with Gasteiger partial charge in [0.25, 0.3) is 0 Å². The number of nitrogens with zero attached hydrogens (tertiary/aromatic N) is 1. The predicted molar refractivity (Wildman–Crippen MR) is 79.3 cm³/mol. The van der Waals surface area contributed by atoms with Crippen LogP contribution in [0.25, 0.3) is 0 Å². The summed E-state index contributed by atoms with van der Waals surface area (Å²) in [5, 5.41) is 3.54. The third-order valence-corrected chi connectivity index (χ3v) is 3.91. The van der Waals surface area contributed by atoms with Gasteiger partial charge >= 0.3 is 0 Å². The van der Waals surface area contributed by atoms with E-state index in [-0.39, 0.29) is 0 Å². The van der Waals surface area contributed by atoms with E-state index in [9.17, 15) is 0 Å². The molecule has 2 rings (SSSR count). The fraction of sp³-hybridized carbons (Fsp3) is 0.625. The van der Waals surface area contributed by atoms with Crippen molar-refractivity contribution >= 4 is 5.69 Å². The monoisotopic (exact) mass is 246 g/mol. The lowest BCUT2D eigenvalue weighted by atomic mass is 10.1. The molecule has 0 amide bonds. The molecule has 0 saturated carbocycles. The van der Waals surface area contributed by atoms with Gasteiger partial charge in [-0.15, -0.1) is 0 Å². The Hall–Kier alpha value is -1.02. The second kappa shape index (κ2) is 6.79. The minimum atomic E-state index is 1.09. The summed E-state index contributed by atoms with van der Waals surface area (Å²) in [5.41, 5.74) is 4.14. The average molecular weight is 246 g/mol. The molecule has 1 saturated heterocycles. The maximum absolute atomic E-state index is 3.54. The van der Waals surface area contributed by atoms with E-state index < -0.39 is 0 Å². The van der Waals surface area contributed by atoms with Gasteiger partial charge in [-0.3, -0.25) is 0 Å². The number of aryl methyl sites for hydroxylation is 2. The van der Waals surface area contributed by atoms with Gasteiger partial charge in [0, 0.05) is 12.2 Å². The summed E-state index contributed by atoms with van der Waals surface area (Å²) in [6.07, 6.45) is 5.15. The van der Waals surface area contributed by atoms with Gasteiger partial charge in [0.15, 0.2) is 0 Å². The van der Waals surface area contributed by atoms with Crippen LogP contribution in [0.3, 0.4) is 0 Å². The van der Waals surface area contributed by atoms with E-state index >= 15 is 0 Å². The molecule has 1 aliphatic heterocycles. The number of benzene rings is 1. The topological polar surface area (TPSA) is 15.3 Å². The van der Waals surface area contributed by atoms with Gasteiger partial charge in [-0.25, -0.2) is 0 Å². The molecule has 100 valence electrons. The first-order valence-corrected chi connectivity index (χ1v) is 7.35. The molecule has 1 N–H and O–H groups in total. The molecule has 0 bridgehead atoms. The number of likely N-dealkylation sites (tertiary alicyclic amines) is 1. The highest BCUT2D eigenvalue weighted by Crippen LogP contribution is 2.16. The molecule has 1 heterocycles. The summed E-state index contributed by atoms with van der Waals surface area (Å²) in [7, 11) is 0. The second-order valence-corrected chi connectivity index (χ2v) is 5.32. The Kier molecular flexibility index (Phi) is 5.06. The number of hydrogen-bond donors (Lipinski definition) is 1. The van der Waals surface area contributed by atoms with E-state index in [1.165, 1.54) is 55.7 Å².